The number of rotatable bonds is 8. The van der Waals surface area contributed by atoms with E-state index < -0.39 is 0 Å². The number of methoxy groups -OCH3 is 2. The van der Waals surface area contributed by atoms with Crippen LogP contribution in [0.2, 0.25) is 0 Å². The molecule has 0 aliphatic rings. The summed E-state index contributed by atoms with van der Waals surface area (Å²) in [5.74, 6) is 2.41. The maximum absolute atomic E-state index is 12.3. The Hall–Kier alpha value is -3.22. The molecule has 0 aliphatic heterocycles. The van der Waals surface area contributed by atoms with Crippen LogP contribution in [0.1, 0.15) is 30.8 Å². The van der Waals surface area contributed by atoms with Crippen LogP contribution in [0.5, 0.6) is 11.5 Å². The van der Waals surface area contributed by atoms with Gasteiger partial charge >= 0.3 is 6.03 Å². The number of carbonyl (C=O) groups is 1. The summed E-state index contributed by atoms with van der Waals surface area (Å²) in [5, 5.41) is 5.88. The molecule has 29 heavy (non-hydrogen) atoms. The van der Waals surface area contributed by atoms with E-state index in [2.05, 4.69) is 26.3 Å². The Morgan fingerprint density at radius 1 is 1.17 bits per heavy atom. The third-order valence-corrected chi connectivity index (χ3v) is 4.94. The minimum Gasteiger partial charge on any atom is -0.497 e. The number of amides is 2. The summed E-state index contributed by atoms with van der Waals surface area (Å²) in [5.41, 5.74) is 2.98. The predicted octanol–water partition coefficient (Wildman–Crippen LogP) is 3.81. The standard InChI is InChI=1S/C22H28N4O3/c1-15(18-14-17(28-3)10-11-21(18)29-4)24-22(27)23-12-7-13-26-16(2)25-19-8-5-6-9-20(19)26/h5-6,8-11,14-15H,7,12-13H2,1-4H3,(H2,23,24,27). The first-order valence-corrected chi connectivity index (χ1v) is 9.71. The normalized spacial score (nSPS) is 11.9. The van der Waals surface area contributed by atoms with Crippen LogP contribution in [0.3, 0.4) is 0 Å². The molecule has 1 atom stereocenters. The molecule has 7 heteroatoms. The second-order valence-corrected chi connectivity index (χ2v) is 6.88. The molecule has 7 nitrogen and oxygen atoms in total. The highest BCUT2D eigenvalue weighted by atomic mass is 16.5. The molecular weight excluding hydrogens is 368 g/mol. The summed E-state index contributed by atoms with van der Waals surface area (Å²) in [6.07, 6.45) is 0.811. The van der Waals surface area contributed by atoms with Crippen molar-refractivity contribution in [1.29, 1.82) is 0 Å². The van der Waals surface area contributed by atoms with Gasteiger partial charge in [0, 0.05) is 18.7 Å². The summed E-state index contributed by atoms with van der Waals surface area (Å²) in [6.45, 7) is 5.28. The summed E-state index contributed by atoms with van der Waals surface area (Å²) in [4.78, 5) is 16.9. The van der Waals surface area contributed by atoms with E-state index in [1.807, 2.05) is 50.2 Å². The third-order valence-electron chi connectivity index (χ3n) is 4.94. The first-order valence-electron chi connectivity index (χ1n) is 9.71. The minimum atomic E-state index is -0.222. The largest absolute Gasteiger partial charge is 0.497 e. The number of ether oxygens (including phenoxy) is 2. The lowest BCUT2D eigenvalue weighted by Gasteiger charge is -2.18. The molecule has 2 amide bonds. The average molecular weight is 396 g/mol. The lowest BCUT2D eigenvalue weighted by Crippen LogP contribution is -2.37. The Labute approximate surface area is 171 Å². The minimum absolute atomic E-state index is 0.213. The van der Waals surface area contributed by atoms with Crippen LogP contribution < -0.4 is 20.1 Å². The summed E-state index contributed by atoms with van der Waals surface area (Å²) < 4.78 is 12.9. The van der Waals surface area contributed by atoms with E-state index in [4.69, 9.17) is 9.47 Å². The zero-order chi connectivity index (χ0) is 20.8. The van der Waals surface area contributed by atoms with Crippen LogP contribution in [-0.4, -0.2) is 36.3 Å². The highest BCUT2D eigenvalue weighted by molar-refractivity contribution is 5.76. The summed E-state index contributed by atoms with van der Waals surface area (Å²) in [6, 6.07) is 13.2. The van der Waals surface area contributed by atoms with E-state index in [1.165, 1.54) is 0 Å². The number of nitrogens with zero attached hydrogens (tertiary/aromatic N) is 2. The smallest absolute Gasteiger partial charge is 0.315 e. The molecule has 0 bridgehead atoms. The topological polar surface area (TPSA) is 77.4 Å². The molecule has 0 fully saturated rings. The van der Waals surface area contributed by atoms with Crippen molar-refractivity contribution in [2.75, 3.05) is 20.8 Å². The fraction of sp³-hybridized carbons (Fsp3) is 0.364. The molecule has 0 aliphatic carbocycles. The van der Waals surface area contributed by atoms with E-state index in [0.717, 1.165) is 41.1 Å². The number of para-hydroxylation sites is 2. The fourth-order valence-corrected chi connectivity index (χ4v) is 3.42. The van der Waals surface area contributed by atoms with Gasteiger partial charge < -0.3 is 24.7 Å². The van der Waals surface area contributed by atoms with E-state index in [9.17, 15) is 4.79 Å². The second-order valence-electron chi connectivity index (χ2n) is 6.88. The van der Waals surface area contributed by atoms with Crippen LogP contribution in [0.25, 0.3) is 11.0 Å². The van der Waals surface area contributed by atoms with E-state index in [1.54, 1.807) is 14.2 Å². The van der Waals surface area contributed by atoms with Crippen LogP contribution in [0.4, 0.5) is 4.79 Å². The van der Waals surface area contributed by atoms with Gasteiger partial charge in [-0.2, -0.15) is 0 Å². The summed E-state index contributed by atoms with van der Waals surface area (Å²) >= 11 is 0. The Morgan fingerprint density at radius 2 is 1.97 bits per heavy atom. The van der Waals surface area contributed by atoms with Crippen molar-refractivity contribution in [3.8, 4) is 11.5 Å². The quantitative estimate of drug-likeness (QED) is 0.568. The van der Waals surface area contributed by atoms with Gasteiger partial charge in [-0.3, -0.25) is 0 Å². The van der Waals surface area contributed by atoms with Crippen molar-refractivity contribution in [3.63, 3.8) is 0 Å². The van der Waals surface area contributed by atoms with Gasteiger partial charge in [0.1, 0.15) is 17.3 Å². The monoisotopic (exact) mass is 396 g/mol. The number of nitrogens with one attached hydrogen (secondary N) is 2. The maximum atomic E-state index is 12.3. The molecule has 1 unspecified atom stereocenters. The number of aromatic nitrogens is 2. The van der Waals surface area contributed by atoms with Gasteiger partial charge in [-0.1, -0.05) is 12.1 Å². The Morgan fingerprint density at radius 3 is 2.72 bits per heavy atom. The number of hydrogen-bond acceptors (Lipinski definition) is 4. The van der Waals surface area contributed by atoms with Gasteiger partial charge in [0.25, 0.3) is 0 Å². The van der Waals surface area contributed by atoms with Gasteiger partial charge in [0.2, 0.25) is 0 Å². The average Bonchev–Trinajstić information content (AvgIpc) is 3.05. The number of aryl methyl sites for hydroxylation is 2. The van der Waals surface area contributed by atoms with Gasteiger partial charge in [-0.25, -0.2) is 9.78 Å². The number of benzene rings is 2. The van der Waals surface area contributed by atoms with Crippen molar-refractivity contribution >= 4 is 17.1 Å². The van der Waals surface area contributed by atoms with Crippen LogP contribution in [-0.2, 0) is 6.54 Å². The Bertz CT molecular complexity index is 983. The van der Waals surface area contributed by atoms with Crippen molar-refractivity contribution in [2.24, 2.45) is 0 Å². The number of urea groups is 1. The predicted molar refractivity (Wildman–Crippen MR) is 114 cm³/mol. The zero-order valence-electron chi connectivity index (χ0n) is 17.4. The highest BCUT2D eigenvalue weighted by Gasteiger charge is 2.15. The molecule has 3 aromatic rings. The molecule has 2 aromatic carbocycles. The third kappa shape index (κ3) is 4.80. The van der Waals surface area contributed by atoms with Crippen LogP contribution in [0.15, 0.2) is 42.5 Å². The van der Waals surface area contributed by atoms with Gasteiger partial charge in [-0.05, 0) is 50.6 Å². The number of carbonyl (C=O) groups excluding carboxylic acids is 1. The van der Waals surface area contributed by atoms with E-state index in [-0.39, 0.29) is 12.1 Å². The molecule has 0 saturated carbocycles. The van der Waals surface area contributed by atoms with E-state index in [0.29, 0.717) is 12.3 Å². The van der Waals surface area contributed by atoms with Gasteiger partial charge in [0.05, 0.1) is 31.3 Å². The SMILES string of the molecule is COc1ccc(OC)c(C(C)NC(=O)NCCCn2c(C)nc3ccccc32)c1. The van der Waals surface area contributed by atoms with Crippen molar-refractivity contribution in [1.82, 2.24) is 20.2 Å². The lowest BCUT2D eigenvalue weighted by atomic mass is 10.1. The molecule has 1 heterocycles. The second kappa shape index (κ2) is 9.32. The zero-order valence-corrected chi connectivity index (χ0v) is 17.4. The lowest BCUT2D eigenvalue weighted by molar-refractivity contribution is 0.237. The maximum Gasteiger partial charge on any atom is 0.315 e. The highest BCUT2D eigenvalue weighted by Crippen LogP contribution is 2.29. The first-order chi connectivity index (χ1) is 14.0. The van der Waals surface area contributed by atoms with Crippen molar-refractivity contribution in [3.05, 3.63) is 53.9 Å². The van der Waals surface area contributed by atoms with Crippen LogP contribution >= 0.6 is 0 Å². The van der Waals surface area contributed by atoms with Gasteiger partial charge in [0.15, 0.2) is 0 Å². The molecule has 154 valence electrons. The van der Waals surface area contributed by atoms with E-state index >= 15 is 0 Å². The number of hydrogen-bond donors (Lipinski definition) is 2. The number of imidazole rings is 1. The van der Waals surface area contributed by atoms with Crippen molar-refractivity contribution < 1.29 is 14.3 Å². The molecule has 3 rings (SSSR count). The molecule has 1 aromatic heterocycles. The van der Waals surface area contributed by atoms with Crippen LogP contribution in [0, 0.1) is 6.92 Å². The fourth-order valence-electron chi connectivity index (χ4n) is 3.42. The molecule has 0 saturated heterocycles. The Kier molecular flexibility index (Phi) is 6.59. The first kappa shape index (κ1) is 20.5. The van der Waals surface area contributed by atoms with Crippen molar-refractivity contribution in [2.45, 2.75) is 32.9 Å². The van der Waals surface area contributed by atoms with Gasteiger partial charge in [-0.15, -0.1) is 0 Å². The molecular formula is C22H28N4O3. The summed E-state index contributed by atoms with van der Waals surface area (Å²) in [7, 11) is 3.22. The molecule has 0 radical (unpaired) electrons. The number of fused-ring (bicyclic) bond motifs is 1. The molecule has 2 N–H and O–H groups in total. The molecule has 0 spiro atoms. The Balaban J connectivity index is 1.52.